The molecular weight excluding hydrogens is 224 g/mol. The quantitative estimate of drug-likeness (QED) is 0.644. The van der Waals surface area contributed by atoms with Gasteiger partial charge in [0.25, 0.3) is 5.91 Å². The summed E-state index contributed by atoms with van der Waals surface area (Å²) in [5, 5.41) is 2.16. The summed E-state index contributed by atoms with van der Waals surface area (Å²) in [6.45, 7) is 3.81. The molecule has 2 aliphatic rings. The standard InChI is InChI=1S/C15H10N2O/c1-9-8-13-16-11-6-2-4-10-5-3-7-12(14(10)11)17(13)15(9)18/h2-7H,1,8H2. The Kier molecular flexibility index (Phi) is 1.64. The van der Waals surface area contributed by atoms with Gasteiger partial charge in [0.2, 0.25) is 0 Å². The highest BCUT2D eigenvalue weighted by molar-refractivity contribution is 6.34. The van der Waals surface area contributed by atoms with E-state index >= 15 is 0 Å². The topological polar surface area (TPSA) is 32.7 Å². The molecule has 2 aliphatic heterocycles. The maximum atomic E-state index is 12.1. The Labute approximate surface area is 104 Å². The van der Waals surface area contributed by atoms with E-state index in [1.807, 2.05) is 36.4 Å². The molecule has 0 spiro atoms. The Morgan fingerprint density at radius 1 is 1.17 bits per heavy atom. The number of fused-ring (bicyclic) bond motifs is 2. The smallest absolute Gasteiger partial charge is 0.259 e. The summed E-state index contributed by atoms with van der Waals surface area (Å²) in [5.74, 6) is 0.756. The number of anilines is 1. The van der Waals surface area contributed by atoms with Crippen molar-refractivity contribution in [3.05, 3.63) is 48.6 Å². The summed E-state index contributed by atoms with van der Waals surface area (Å²) >= 11 is 0. The van der Waals surface area contributed by atoms with E-state index in [1.54, 1.807) is 4.90 Å². The second kappa shape index (κ2) is 3.07. The predicted molar refractivity (Wildman–Crippen MR) is 72.3 cm³/mol. The second-order valence-electron chi connectivity index (χ2n) is 4.60. The van der Waals surface area contributed by atoms with Crippen LogP contribution in [0.5, 0.6) is 0 Å². The molecule has 0 unspecified atom stereocenters. The van der Waals surface area contributed by atoms with Crippen LogP contribution >= 0.6 is 0 Å². The first-order valence-electron chi connectivity index (χ1n) is 5.87. The van der Waals surface area contributed by atoms with Crippen molar-refractivity contribution in [2.24, 2.45) is 4.99 Å². The average Bonchev–Trinajstić information content (AvgIpc) is 2.66. The number of benzene rings is 2. The molecule has 4 rings (SSSR count). The van der Waals surface area contributed by atoms with Crippen molar-refractivity contribution < 1.29 is 4.79 Å². The first-order chi connectivity index (χ1) is 8.75. The van der Waals surface area contributed by atoms with Gasteiger partial charge in [0, 0.05) is 17.4 Å². The van der Waals surface area contributed by atoms with Crippen LogP contribution in [0.3, 0.4) is 0 Å². The van der Waals surface area contributed by atoms with Crippen LogP contribution in [0.25, 0.3) is 10.8 Å². The number of hydrogen-bond acceptors (Lipinski definition) is 2. The number of hydrogen-bond donors (Lipinski definition) is 0. The van der Waals surface area contributed by atoms with Gasteiger partial charge in [0.05, 0.1) is 11.4 Å². The van der Waals surface area contributed by atoms with Crippen molar-refractivity contribution in [2.75, 3.05) is 4.90 Å². The third kappa shape index (κ3) is 1.03. The average molecular weight is 234 g/mol. The van der Waals surface area contributed by atoms with Crippen molar-refractivity contribution in [1.29, 1.82) is 0 Å². The summed E-state index contributed by atoms with van der Waals surface area (Å²) in [7, 11) is 0. The van der Waals surface area contributed by atoms with Crippen LogP contribution < -0.4 is 4.90 Å². The Bertz CT molecular complexity index is 753. The lowest BCUT2D eigenvalue weighted by Crippen LogP contribution is -2.30. The van der Waals surface area contributed by atoms with Crippen molar-refractivity contribution in [2.45, 2.75) is 6.42 Å². The van der Waals surface area contributed by atoms with Gasteiger partial charge < -0.3 is 0 Å². The molecule has 0 radical (unpaired) electrons. The highest BCUT2D eigenvalue weighted by Crippen LogP contribution is 2.41. The molecule has 3 nitrogen and oxygen atoms in total. The maximum Gasteiger partial charge on any atom is 0.259 e. The number of amidine groups is 1. The van der Waals surface area contributed by atoms with E-state index in [4.69, 9.17) is 0 Å². The zero-order valence-electron chi connectivity index (χ0n) is 9.68. The lowest BCUT2D eigenvalue weighted by molar-refractivity contribution is -0.113. The molecule has 86 valence electrons. The van der Waals surface area contributed by atoms with E-state index in [0.717, 1.165) is 28.0 Å². The van der Waals surface area contributed by atoms with Crippen LogP contribution in [-0.2, 0) is 4.79 Å². The zero-order chi connectivity index (χ0) is 12.3. The number of aliphatic imine (C=N–C) groups is 1. The molecule has 0 aliphatic carbocycles. The SMILES string of the molecule is C=C1CC2=Nc3cccc4cccc(c34)N2C1=O. The van der Waals surface area contributed by atoms with Crippen LogP contribution in [0.15, 0.2) is 53.5 Å². The fourth-order valence-electron chi connectivity index (χ4n) is 2.68. The monoisotopic (exact) mass is 234 g/mol. The highest BCUT2D eigenvalue weighted by atomic mass is 16.2. The normalized spacial score (nSPS) is 17.1. The van der Waals surface area contributed by atoms with Crippen LogP contribution in [0.4, 0.5) is 11.4 Å². The lowest BCUT2D eigenvalue weighted by atomic mass is 10.0. The zero-order valence-corrected chi connectivity index (χ0v) is 9.68. The fraction of sp³-hybridized carbons (Fsp3) is 0.0667. The van der Waals surface area contributed by atoms with Gasteiger partial charge in [-0.25, -0.2) is 4.99 Å². The Morgan fingerprint density at radius 2 is 1.94 bits per heavy atom. The van der Waals surface area contributed by atoms with Gasteiger partial charge >= 0.3 is 0 Å². The minimum absolute atomic E-state index is 0.0317. The number of amides is 1. The molecule has 0 N–H and O–H groups in total. The first-order valence-corrected chi connectivity index (χ1v) is 5.87. The molecule has 18 heavy (non-hydrogen) atoms. The number of rotatable bonds is 0. The molecule has 1 amide bonds. The number of carbonyl (C=O) groups excluding carboxylic acids is 1. The van der Waals surface area contributed by atoms with Gasteiger partial charge in [-0.05, 0) is 17.5 Å². The Hall–Kier alpha value is -2.42. The van der Waals surface area contributed by atoms with Crippen molar-refractivity contribution >= 4 is 33.9 Å². The minimum Gasteiger partial charge on any atom is -0.269 e. The van der Waals surface area contributed by atoms with E-state index < -0.39 is 0 Å². The minimum atomic E-state index is -0.0317. The molecule has 1 fully saturated rings. The molecule has 0 atom stereocenters. The van der Waals surface area contributed by atoms with Crippen molar-refractivity contribution in [3.8, 4) is 0 Å². The van der Waals surface area contributed by atoms with Crippen molar-refractivity contribution in [3.63, 3.8) is 0 Å². The maximum absolute atomic E-state index is 12.1. The summed E-state index contributed by atoms with van der Waals surface area (Å²) in [6, 6.07) is 12.0. The van der Waals surface area contributed by atoms with E-state index in [-0.39, 0.29) is 5.91 Å². The molecular formula is C15H10N2O. The van der Waals surface area contributed by atoms with Crippen LogP contribution in [0.2, 0.25) is 0 Å². The third-order valence-electron chi connectivity index (χ3n) is 3.49. The first kappa shape index (κ1) is 9.59. The van der Waals surface area contributed by atoms with Crippen LogP contribution in [0, 0.1) is 0 Å². The van der Waals surface area contributed by atoms with E-state index in [0.29, 0.717) is 12.0 Å². The van der Waals surface area contributed by atoms with E-state index in [9.17, 15) is 4.79 Å². The van der Waals surface area contributed by atoms with Gasteiger partial charge in [-0.15, -0.1) is 0 Å². The molecule has 3 heteroatoms. The highest BCUT2D eigenvalue weighted by Gasteiger charge is 2.35. The third-order valence-corrected chi connectivity index (χ3v) is 3.49. The molecule has 2 heterocycles. The fourth-order valence-corrected chi connectivity index (χ4v) is 2.68. The van der Waals surface area contributed by atoms with E-state index in [2.05, 4.69) is 11.6 Å². The molecule has 0 aromatic heterocycles. The Balaban J connectivity index is 2.14. The largest absolute Gasteiger partial charge is 0.269 e. The van der Waals surface area contributed by atoms with Gasteiger partial charge in [-0.1, -0.05) is 30.8 Å². The molecule has 1 saturated heterocycles. The number of nitrogens with zero attached hydrogens (tertiary/aromatic N) is 2. The summed E-state index contributed by atoms with van der Waals surface area (Å²) in [5.41, 5.74) is 2.48. The molecule has 0 bridgehead atoms. The summed E-state index contributed by atoms with van der Waals surface area (Å²) in [6.07, 6.45) is 0.545. The van der Waals surface area contributed by atoms with Gasteiger partial charge in [-0.3, -0.25) is 9.69 Å². The predicted octanol–water partition coefficient (Wildman–Crippen LogP) is 3.18. The Morgan fingerprint density at radius 3 is 2.78 bits per heavy atom. The van der Waals surface area contributed by atoms with Crippen LogP contribution in [-0.4, -0.2) is 11.7 Å². The van der Waals surface area contributed by atoms with Crippen LogP contribution in [0.1, 0.15) is 6.42 Å². The molecule has 0 saturated carbocycles. The van der Waals surface area contributed by atoms with Crippen molar-refractivity contribution in [1.82, 2.24) is 0 Å². The lowest BCUT2D eigenvalue weighted by Gasteiger charge is -2.23. The molecule has 2 aromatic rings. The summed E-state index contributed by atoms with van der Waals surface area (Å²) < 4.78 is 0. The van der Waals surface area contributed by atoms with Gasteiger partial charge in [0.15, 0.2) is 0 Å². The van der Waals surface area contributed by atoms with Gasteiger partial charge in [-0.2, -0.15) is 0 Å². The van der Waals surface area contributed by atoms with Gasteiger partial charge in [0.1, 0.15) is 5.84 Å². The number of carbonyl (C=O) groups is 1. The summed E-state index contributed by atoms with van der Waals surface area (Å²) in [4.78, 5) is 18.4. The molecule has 2 aromatic carbocycles. The van der Waals surface area contributed by atoms with E-state index in [1.165, 1.54) is 0 Å². The second-order valence-corrected chi connectivity index (χ2v) is 4.60.